The van der Waals surface area contributed by atoms with Crippen LogP contribution in [0.2, 0.25) is 0 Å². The normalized spacial score (nSPS) is 41.1. The predicted octanol–water partition coefficient (Wildman–Crippen LogP) is 3.74. The monoisotopic (exact) mass is 880 g/mol. The number of carbonyl (C=O) groups is 1. The Morgan fingerprint density at radius 3 is 2.19 bits per heavy atom. The molecule has 3 N–H and O–H groups in total. The summed E-state index contributed by atoms with van der Waals surface area (Å²) in [4.78, 5) is 18.7. The molecule has 3 aliphatic heterocycles. The zero-order valence-corrected chi connectivity index (χ0v) is 39.0. The molecule has 16 nitrogen and oxygen atoms in total. The van der Waals surface area contributed by atoms with Crippen LogP contribution in [-0.2, 0) is 44.5 Å². The first-order valence-electron chi connectivity index (χ1n) is 22.1. The molecule has 0 saturated carbocycles. The number of rotatable bonds is 10. The number of benzene rings is 1. The second-order valence-corrected chi connectivity index (χ2v) is 19.1. The Morgan fingerprint density at radius 1 is 0.903 bits per heavy atom. The fraction of sp³-hybridized carbons (Fsp3) is 0.800. The second-order valence-electron chi connectivity index (χ2n) is 19.1. The van der Waals surface area contributed by atoms with Crippen LogP contribution in [0.1, 0.15) is 74.7 Å². The van der Waals surface area contributed by atoms with Crippen molar-refractivity contribution in [2.45, 2.75) is 160 Å². The molecule has 0 unspecified atom stereocenters. The lowest BCUT2D eigenvalue weighted by Gasteiger charge is -2.49. The molecule has 1 aromatic carbocycles. The molecule has 17 atom stereocenters. The van der Waals surface area contributed by atoms with Gasteiger partial charge in [-0.1, -0.05) is 26.0 Å². The number of nitrogens with zero attached hydrogens (tertiary/aromatic N) is 5. The van der Waals surface area contributed by atoms with Crippen LogP contribution in [0.5, 0.6) is 0 Å². The number of carbonyl (C=O) groups excluding carboxylic acids is 1. The lowest BCUT2D eigenvalue weighted by molar-refractivity contribution is -0.319. The number of aromatic nitrogens is 3. The van der Waals surface area contributed by atoms with Crippen molar-refractivity contribution in [3.05, 3.63) is 36.3 Å². The van der Waals surface area contributed by atoms with E-state index in [2.05, 4.69) is 10.3 Å². The van der Waals surface area contributed by atoms with Gasteiger partial charge in [0.1, 0.15) is 29.8 Å². The number of methoxy groups -OCH3 is 2. The number of cyclic esters (lactones) is 1. The first kappa shape index (κ1) is 50.3. The molecular formula is C45H74FN5O11. The van der Waals surface area contributed by atoms with Crippen LogP contribution >= 0.6 is 0 Å². The van der Waals surface area contributed by atoms with Gasteiger partial charge in [0.2, 0.25) is 0 Å². The number of ether oxygens (including phenoxy) is 7. The van der Waals surface area contributed by atoms with Crippen LogP contribution in [-0.4, -0.2) is 173 Å². The Morgan fingerprint density at radius 2 is 1.56 bits per heavy atom. The van der Waals surface area contributed by atoms with Gasteiger partial charge in [0.15, 0.2) is 12.6 Å². The van der Waals surface area contributed by atoms with E-state index in [4.69, 9.17) is 33.2 Å². The van der Waals surface area contributed by atoms with Crippen molar-refractivity contribution in [2.75, 3.05) is 48.5 Å². The smallest absolute Gasteiger partial charge is 0.311 e. The number of likely N-dealkylation sites (N-methyl/N-ethyl adjacent to an activating group) is 2. The van der Waals surface area contributed by atoms with Crippen molar-refractivity contribution in [1.82, 2.24) is 24.8 Å². The van der Waals surface area contributed by atoms with E-state index in [1.54, 1.807) is 50.9 Å². The van der Waals surface area contributed by atoms with Gasteiger partial charge in [0, 0.05) is 51.3 Å². The third kappa shape index (κ3) is 11.8. The van der Waals surface area contributed by atoms with E-state index < -0.39 is 84.3 Å². The van der Waals surface area contributed by atoms with Crippen molar-refractivity contribution in [1.29, 1.82) is 0 Å². The fourth-order valence-corrected chi connectivity index (χ4v) is 9.81. The van der Waals surface area contributed by atoms with Crippen LogP contribution < -0.4 is 0 Å². The number of hydrogen-bond donors (Lipinski definition) is 3. The van der Waals surface area contributed by atoms with Crippen LogP contribution in [0, 0.1) is 29.5 Å². The summed E-state index contributed by atoms with van der Waals surface area (Å²) in [6.07, 6.45) is -5.44. The minimum atomic E-state index is -1.12. The number of halogens is 1. The van der Waals surface area contributed by atoms with Gasteiger partial charge in [0.05, 0.1) is 60.4 Å². The highest BCUT2D eigenvalue weighted by molar-refractivity contribution is 5.73. The number of esters is 1. The molecule has 2 aromatic rings. The zero-order chi connectivity index (χ0) is 45.8. The second kappa shape index (κ2) is 21.1. The Balaban J connectivity index is 1.57. The molecule has 3 saturated heterocycles. The summed E-state index contributed by atoms with van der Waals surface area (Å²) in [6.45, 7) is 15.9. The highest BCUT2D eigenvalue weighted by Gasteiger charge is 2.52. The van der Waals surface area contributed by atoms with Crippen molar-refractivity contribution in [3.8, 4) is 11.3 Å². The largest absolute Gasteiger partial charge is 0.459 e. The number of aliphatic hydroxyl groups excluding tert-OH is 3. The summed E-state index contributed by atoms with van der Waals surface area (Å²) in [5.41, 5.74) is -0.929. The van der Waals surface area contributed by atoms with E-state index in [0.717, 1.165) is 0 Å². The molecule has 352 valence electrons. The molecule has 5 rings (SSSR count). The maximum atomic E-state index is 14.7. The Hall–Kier alpha value is -2.68. The first-order chi connectivity index (χ1) is 29.1. The van der Waals surface area contributed by atoms with Crippen molar-refractivity contribution in [3.63, 3.8) is 0 Å². The van der Waals surface area contributed by atoms with E-state index >= 15 is 0 Å². The highest BCUT2D eigenvalue weighted by atomic mass is 19.1. The fourth-order valence-electron chi connectivity index (χ4n) is 9.81. The average molecular weight is 880 g/mol. The van der Waals surface area contributed by atoms with Gasteiger partial charge in [-0.25, -0.2) is 9.07 Å². The maximum absolute atomic E-state index is 14.7. The molecule has 1 aromatic heterocycles. The summed E-state index contributed by atoms with van der Waals surface area (Å²) in [5, 5.41) is 43.4. The van der Waals surface area contributed by atoms with Gasteiger partial charge in [0.25, 0.3) is 0 Å². The van der Waals surface area contributed by atoms with E-state index in [-0.39, 0.29) is 42.8 Å². The van der Waals surface area contributed by atoms with Gasteiger partial charge in [-0.3, -0.25) is 4.79 Å². The van der Waals surface area contributed by atoms with Crippen LogP contribution in [0.15, 0.2) is 30.5 Å². The van der Waals surface area contributed by atoms with Crippen LogP contribution in [0.3, 0.4) is 0 Å². The summed E-state index contributed by atoms with van der Waals surface area (Å²) in [7, 11) is 8.85. The molecule has 62 heavy (non-hydrogen) atoms. The Labute approximate surface area is 367 Å². The SMILES string of the molecule is CO[C@]1(C)C[C@@H](C)[C@H](O)[C@H](C)CN(C)C[C@@H](Cn2cc(-c3ccc(F)cc3)nn2)OC(=O)[C@H](C)[C@@H](O[C@H]2C[C@@](C)(OC)[C@@H](O)[C@H](C)O2)[C@H](C)[C@H]1O[C@@H]1O[C@H](C)C[C@H](N(C)C)[C@H]1O. The molecule has 3 fully saturated rings. The summed E-state index contributed by atoms with van der Waals surface area (Å²) < 4.78 is 60.5. The molecule has 0 radical (unpaired) electrons. The number of aliphatic hydroxyl groups is 3. The molecule has 4 heterocycles. The maximum Gasteiger partial charge on any atom is 0.311 e. The lowest BCUT2D eigenvalue weighted by Crippen LogP contribution is -2.61. The van der Waals surface area contributed by atoms with Gasteiger partial charge >= 0.3 is 5.97 Å². The first-order valence-corrected chi connectivity index (χ1v) is 22.1. The third-order valence-electron chi connectivity index (χ3n) is 13.6. The average Bonchev–Trinajstić information content (AvgIpc) is 3.68. The molecular weight excluding hydrogens is 806 g/mol. The van der Waals surface area contributed by atoms with Gasteiger partial charge in [-0.15, -0.1) is 5.10 Å². The summed E-state index contributed by atoms with van der Waals surface area (Å²) >= 11 is 0. The third-order valence-corrected chi connectivity index (χ3v) is 13.6. The standard InChI is InChI=1S/C45H74FN5O11/c1-25-19-45(8,57-13)41(62-43-38(53)35(49(9)10)18-27(3)58-43)28(4)39(61-36-20-44(7,56-12)40(54)30(6)59-36)29(5)42(55)60-33(22-50(11)21-26(2)37(25)52)23-51-24-34(47-48-51)31-14-16-32(46)17-15-31/h14-17,24-30,33,35-41,43,52-54H,18-23H2,1-13H3/t25-,26-,27-,28+,29-,30+,33+,35+,36+,37+,38-,39+,40+,41-,43+,44-,45-/m1/s1. The lowest BCUT2D eigenvalue weighted by atomic mass is 9.75. The minimum Gasteiger partial charge on any atom is -0.459 e. The summed E-state index contributed by atoms with van der Waals surface area (Å²) in [6, 6.07) is 5.70. The number of hydrogen-bond acceptors (Lipinski definition) is 15. The molecule has 0 bridgehead atoms. The molecule has 0 aliphatic carbocycles. The van der Waals surface area contributed by atoms with E-state index in [1.807, 2.05) is 65.6 Å². The van der Waals surface area contributed by atoms with E-state index in [0.29, 0.717) is 37.2 Å². The van der Waals surface area contributed by atoms with Crippen molar-refractivity contribution < 1.29 is 57.7 Å². The Bertz CT molecular complexity index is 1720. The molecule has 3 aliphatic rings. The molecule has 0 amide bonds. The Kier molecular flexibility index (Phi) is 17.1. The van der Waals surface area contributed by atoms with Gasteiger partial charge in [-0.2, -0.15) is 0 Å². The van der Waals surface area contributed by atoms with Gasteiger partial charge < -0.3 is 58.3 Å². The summed E-state index contributed by atoms with van der Waals surface area (Å²) in [5.74, 6) is -3.03. The van der Waals surface area contributed by atoms with E-state index in [1.165, 1.54) is 19.2 Å². The topological polar surface area (TPSA) is 180 Å². The van der Waals surface area contributed by atoms with E-state index in [9.17, 15) is 24.5 Å². The minimum absolute atomic E-state index is 0.147. The van der Waals surface area contributed by atoms with Gasteiger partial charge in [-0.05, 0) is 105 Å². The zero-order valence-electron chi connectivity index (χ0n) is 39.0. The predicted molar refractivity (Wildman–Crippen MR) is 228 cm³/mol. The van der Waals surface area contributed by atoms with Crippen LogP contribution in [0.4, 0.5) is 4.39 Å². The molecule has 0 spiro atoms. The quantitative estimate of drug-likeness (QED) is 0.294. The van der Waals surface area contributed by atoms with Crippen LogP contribution in [0.25, 0.3) is 11.3 Å². The highest BCUT2D eigenvalue weighted by Crippen LogP contribution is 2.41. The van der Waals surface area contributed by atoms with Crippen molar-refractivity contribution >= 4 is 5.97 Å². The molecule has 17 heteroatoms. The van der Waals surface area contributed by atoms with Crippen molar-refractivity contribution in [2.24, 2.45) is 23.7 Å².